The number of rotatable bonds is 8. The number of sulfonamides is 1. The summed E-state index contributed by atoms with van der Waals surface area (Å²) in [5.41, 5.74) is 1.77. The van der Waals surface area contributed by atoms with Crippen LogP contribution in [0.2, 0.25) is 5.02 Å². The number of benzene rings is 2. The highest BCUT2D eigenvalue weighted by Crippen LogP contribution is 2.19. The minimum atomic E-state index is -3.76. The van der Waals surface area contributed by atoms with Gasteiger partial charge in [0, 0.05) is 31.3 Å². The Morgan fingerprint density at radius 1 is 1.07 bits per heavy atom. The van der Waals surface area contributed by atoms with Gasteiger partial charge in [0.2, 0.25) is 15.9 Å². The van der Waals surface area contributed by atoms with Gasteiger partial charge in [0.25, 0.3) is 0 Å². The maximum absolute atomic E-state index is 12.2. The molecule has 0 aliphatic rings. The molecule has 2 N–H and O–H groups in total. The van der Waals surface area contributed by atoms with E-state index in [0.29, 0.717) is 6.54 Å². The zero-order chi connectivity index (χ0) is 20.0. The third-order valence-corrected chi connectivity index (χ3v) is 5.88. The fourth-order valence-electron chi connectivity index (χ4n) is 2.50. The number of nitrogens with zero attached hydrogens (tertiary/aromatic N) is 2. The second-order valence-electron chi connectivity index (χ2n) is 5.98. The predicted molar refractivity (Wildman–Crippen MR) is 107 cm³/mol. The molecule has 0 spiro atoms. The summed E-state index contributed by atoms with van der Waals surface area (Å²) in [7, 11) is -3.76. The molecular weight excluding hydrogens is 400 g/mol. The Hall–Kier alpha value is -2.68. The number of aromatic nitrogens is 2. The number of nitrogens with one attached hydrogen (secondary N) is 2. The molecule has 3 rings (SSSR count). The summed E-state index contributed by atoms with van der Waals surface area (Å²) in [4.78, 5) is 12.0. The van der Waals surface area contributed by atoms with Crippen LogP contribution in [0.15, 0.2) is 71.9 Å². The topological polar surface area (TPSA) is 93.1 Å². The first-order chi connectivity index (χ1) is 13.5. The average molecular weight is 419 g/mol. The van der Waals surface area contributed by atoms with Crippen molar-refractivity contribution in [2.24, 2.45) is 0 Å². The molecule has 2 aromatic carbocycles. The number of hydrogen-bond acceptors (Lipinski definition) is 4. The number of carbonyl (C=O) groups excluding carboxylic acids is 1. The molecule has 0 unspecified atom stereocenters. The second kappa shape index (κ2) is 9.01. The van der Waals surface area contributed by atoms with Crippen LogP contribution in [0.3, 0.4) is 0 Å². The zero-order valence-electron chi connectivity index (χ0n) is 14.9. The van der Waals surface area contributed by atoms with Crippen LogP contribution in [-0.2, 0) is 21.4 Å². The molecular formula is C19H19ClN4O3S. The van der Waals surface area contributed by atoms with Crippen LogP contribution in [-0.4, -0.2) is 30.7 Å². The van der Waals surface area contributed by atoms with Crippen LogP contribution in [0.5, 0.6) is 0 Å². The largest absolute Gasteiger partial charge is 0.352 e. The van der Waals surface area contributed by atoms with Crippen LogP contribution in [0.4, 0.5) is 0 Å². The fourth-order valence-corrected chi connectivity index (χ4v) is 4.05. The van der Waals surface area contributed by atoms with Gasteiger partial charge < -0.3 is 5.32 Å². The molecule has 0 radical (unpaired) electrons. The van der Waals surface area contributed by atoms with Crippen LogP contribution in [0.25, 0.3) is 5.69 Å². The van der Waals surface area contributed by atoms with Gasteiger partial charge in [-0.05, 0) is 24.3 Å². The molecule has 0 bridgehead atoms. The molecule has 28 heavy (non-hydrogen) atoms. The summed E-state index contributed by atoms with van der Waals surface area (Å²) in [5, 5.41) is 7.14. The summed E-state index contributed by atoms with van der Waals surface area (Å²) in [6.07, 6.45) is 3.51. The van der Waals surface area contributed by atoms with Crippen molar-refractivity contribution in [1.29, 1.82) is 0 Å². The van der Waals surface area contributed by atoms with Crippen molar-refractivity contribution in [2.45, 2.75) is 17.9 Å². The lowest BCUT2D eigenvalue weighted by atomic mass is 10.3. The SMILES string of the molecule is O=C(CCNS(=O)(=O)c1ccccc1Cl)NCc1cnn(-c2ccccc2)c1. The number of hydrogen-bond donors (Lipinski definition) is 2. The summed E-state index contributed by atoms with van der Waals surface area (Å²) in [6, 6.07) is 15.8. The van der Waals surface area contributed by atoms with Gasteiger partial charge in [-0.2, -0.15) is 5.10 Å². The predicted octanol–water partition coefficient (Wildman–Crippen LogP) is 2.51. The van der Waals surface area contributed by atoms with E-state index in [4.69, 9.17) is 11.6 Å². The van der Waals surface area contributed by atoms with Crippen molar-refractivity contribution >= 4 is 27.5 Å². The third-order valence-electron chi connectivity index (χ3n) is 3.92. The molecule has 146 valence electrons. The Balaban J connectivity index is 1.46. The second-order valence-corrected chi connectivity index (χ2v) is 8.13. The molecule has 0 atom stereocenters. The van der Waals surface area contributed by atoms with E-state index in [1.54, 1.807) is 23.0 Å². The van der Waals surface area contributed by atoms with E-state index in [2.05, 4.69) is 15.1 Å². The summed E-state index contributed by atoms with van der Waals surface area (Å²) in [5.74, 6) is -0.269. The van der Waals surface area contributed by atoms with Gasteiger partial charge in [0.1, 0.15) is 4.90 Å². The van der Waals surface area contributed by atoms with E-state index in [1.807, 2.05) is 36.5 Å². The van der Waals surface area contributed by atoms with Crippen LogP contribution in [0.1, 0.15) is 12.0 Å². The van der Waals surface area contributed by atoms with E-state index >= 15 is 0 Å². The number of amides is 1. The van der Waals surface area contributed by atoms with Gasteiger partial charge in [-0.25, -0.2) is 17.8 Å². The van der Waals surface area contributed by atoms with Gasteiger partial charge in [-0.3, -0.25) is 4.79 Å². The molecule has 0 aliphatic carbocycles. The lowest BCUT2D eigenvalue weighted by molar-refractivity contribution is -0.121. The highest BCUT2D eigenvalue weighted by molar-refractivity contribution is 7.89. The maximum atomic E-state index is 12.2. The monoisotopic (exact) mass is 418 g/mol. The fraction of sp³-hybridized carbons (Fsp3) is 0.158. The van der Waals surface area contributed by atoms with Gasteiger partial charge in [0.05, 0.1) is 16.9 Å². The number of para-hydroxylation sites is 1. The molecule has 0 saturated heterocycles. The Morgan fingerprint density at radius 3 is 2.54 bits per heavy atom. The minimum Gasteiger partial charge on any atom is -0.352 e. The van der Waals surface area contributed by atoms with Crippen molar-refractivity contribution in [2.75, 3.05) is 6.54 Å². The quantitative estimate of drug-likeness (QED) is 0.587. The molecule has 0 saturated carbocycles. The van der Waals surface area contributed by atoms with Crippen molar-refractivity contribution in [3.8, 4) is 5.69 Å². The smallest absolute Gasteiger partial charge is 0.242 e. The lowest BCUT2D eigenvalue weighted by Gasteiger charge is -2.08. The maximum Gasteiger partial charge on any atom is 0.242 e. The molecule has 3 aromatic rings. The Morgan fingerprint density at radius 2 is 1.79 bits per heavy atom. The Kier molecular flexibility index (Phi) is 6.45. The normalized spacial score (nSPS) is 11.3. The molecule has 1 amide bonds. The van der Waals surface area contributed by atoms with Crippen LogP contribution in [0, 0.1) is 0 Å². The Labute approximate surface area is 168 Å². The summed E-state index contributed by atoms with van der Waals surface area (Å²) < 4.78 is 28.5. The van der Waals surface area contributed by atoms with Gasteiger partial charge in [0.15, 0.2) is 0 Å². The first-order valence-electron chi connectivity index (χ1n) is 8.55. The van der Waals surface area contributed by atoms with E-state index < -0.39 is 10.0 Å². The van der Waals surface area contributed by atoms with E-state index in [0.717, 1.165) is 11.3 Å². The number of carbonyl (C=O) groups is 1. The highest BCUT2D eigenvalue weighted by atomic mass is 35.5. The zero-order valence-corrected chi connectivity index (χ0v) is 16.4. The van der Waals surface area contributed by atoms with E-state index in [-0.39, 0.29) is 28.8 Å². The van der Waals surface area contributed by atoms with E-state index in [1.165, 1.54) is 12.1 Å². The van der Waals surface area contributed by atoms with Gasteiger partial charge in [-0.1, -0.05) is 41.9 Å². The van der Waals surface area contributed by atoms with Crippen molar-refractivity contribution in [3.63, 3.8) is 0 Å². The highest BCUT2D eigenvalue weighted by Gasteiger charge is 2.17. The molecule has 1 aromatic heterocycles. The minimum absolute atomic E-state index is 0.00889. The standard InChI is InChI=1S/C19H19ClN4O3S/c20-17-8-4-5-9-18(17)28(26,27)23-11-10-19(25)21-12-15-13-22-24(14-15)16-6-2-1-3-7-16/h1-9,13-14,23H,10-12H2,(H,21,25). The first-order valence-corrected chi connectivity index (χ1v) is 10.4. The van der Waals surface area contributed by atoms with Crippen molar-refractivity contribution < 1.29 is 13.2 Å². The lowest BCUT2D eigenvalue weighted by Crippen LogP contribution is -2.30. The molecule has 0 fully saturated rings. The summed E-state index contributed by atoms with van der Waals surface area (Å²) >= 11 is 5.91. The van der Waals surface area contributed by atoms with Gasteiger partial charge >= 0.3 is 0 Å². The first kappa shape index (κ1) is 20.1. The third kappa shape index (κ3) is 5.19. The number of halogens is 1. The van der Waals surface area contributed by atoms with Crippen molar-refractivity contribution in [3.05, 3.63) is 77.6 Å². The summed E-state index contributed by atoms with van der Waals surface area (Å²) in [6.45, 7) is 0.283. The van der Waals surface area contributed by atoms with Gasteiger partial charge in [-0.15, -0.1) is 0 Å². The molecule has 0 aliphatic heterocycles. The van der Waals surface area contributed by atoms with Crippen molar-refractivity contribution in [1.82, 2.24) is 19.8 Å². The average Bonchev–Trinajstić information content (AvgIpc) is 3.16. The molecule has 1 heterocycles. The van der Waals surface area contributed by atoms with E-state index in [9.17, 15) is 13.2 Å². The van der Waals surface area contributed by atoms with Crippen LogP contribution < -0.4 is 10.0 Å². The Bertz CT molecular complexity index is 1050. The van der Waals surface area contributed by atoms with Crippen LogP contribution >= 0.6 is 11.6 Å². The molecule has 7 nitrogen and oxygen atoms in total. The molecule has 9 heteroatoms.